The Balaban J connectivity index is 0.985. The van der Waals surface area contributed by atoms with Gasteiger partial charge in [0, 0.05) is 33.1 Å². The number of para-hydroxylation sites is 1. The quantitative estimate of drug-likeness (QED) is 0.186. The van der Waals surface area contributed by atoms with Gasteiger partial charge in [-0.25, -0.2) is 0 Å². The molecule has 2 nitrogen and oxygen atoms in total. The lowest BCUT2D eigenvalue weighted by Gasteiger charge is -2.34. The number of hydrogen-bond donors (Lipinski definition) is 1. The monoisotopic (exact) mass is 711 g/mol. The minimum Gasteiger partial charge on any atom is -0.455 e. The van der Waals surface area contributed by atoms with Gasteiger partial charge in [0.2, 0.25) is 0 Å². The third-order valence-corrected chi connectivity index (χ3v) is 10.9. The van der Waals surface area contributed by atoms with Crippen LogP contribution in [0.5, 0.6) is 0 Å². The average molecular weight is 712 g/mol. The summed E-state index contributed by atoms with van der Waals surface area (Å²) in [5, 5.41) is 7.84. The van der Waals surface area contributed by atoms with Gasteiger partial charge in [0.1, 0.15) is 11.2 Å². The van der Waals surface area contributed by atoms with Crippen LogP contribution in [0.4, 0.5) is 11.4 Å². The van der Waals surface area contributed by atoms with E-state index in [1.54, 1.807) is 12.1 Å². The van der Waals surface area contributed by atoms with Crippen molar-refractivity contribution in [1.82, 2.24) is 0 Å². The van der Waals surface area contributed by atoms with Gasteiger partial charge in [0.15, 0.2) is 0 Å². The molecule has 1 heterocycles. The van der Waals surface area contributed by atoms with Crippen molar-refractivity contribution in [3.8, 4) is 33.4 Å². The molecular weight excluding hydrogens is 667 g/mol. The van der Waals surface area contributed by atoms with Gasteiger partial charge in [-0.3, -0.25) is 0 Å². The Hall–Kier alpha value is -7.16. The third kappa shape index (κ3) is 4.89. The van der Waals surface area contributed by atoms with Gasteiger partial charge in [-0.15, -0.1) is 0 Å². The van der Waals surface area contributed by atoms with Crippen molar-refractivity contribution in [2.24, 2.45) is 0 Å². The Kier molecular flexibility index (Phi) is 5.17. The number of benzene rings is 9. The second kappa shape index (κ2) is 12.5. The second-order valence-corrected chi connectivity index (χ2v) is 13.8. The molecule has 11 rings (SSSR count). The number of furan rings is 1. The predicted octanol–water partition coefficient (Wildman–Crippen LogP) is 14.2. The molecule has 0 saturated heterocycles. The minimum absolute atomic E-state index is 0.196. The smallest absolute Gasteiger partial charge is 0.143 e. The number of anilines is 2. The topological polar surface area (TPSA) is 25.2 Å². The maximum absolute atomic E-state index is 9.28. The molecule has 1 aromatic heterocycles. The molecule has 0 bridgehead atoms. The SMILES string of the molecule is [2H]c1c([2H])c([2H])c(C2(c3c([2H])c([2H])c([2H])c([2H])c3[2H])c3ccccc3-c3ccc(-c4ccc(Nc5ccc(-c6cccc7c6oc6c8ccccc8ccc76)cc5)cc4)cc32)c([2H])c1[2H]. The van der Waals surface area contributed by atoms with Crippen LogP contribution in [0.25, 0.3) is 66.1 Å². The Morgan fingerprint density at radius 3 is 1.75 bits per heavy atom. The van der Waals surface area contributed by atoms with Crippen LogP contribution in [-0.2, 0) is 5.41 Å². The van der Waals surface area contributed by atoms with Gasteiger partial charge < -0.3 is 9.73 Å². The van der Waals surface area contributed by atoms with Crippen LogP contribution in [0.2, 0.25) is 0 Å². The Labute approximate surface area is 334 Å². The molecule has 1 aliphatic carbocycles. The van der Waals surface area contributed by atoms with E-state index in [9.17, 15) is 5.48 Å². The highest BCUT2D eigenvalue weighted by molar-refractivity contribution is 6.17. The Morgan fingerprint density at radius 2 is 1.00 bits per heavy atom. The fourth-order valence-electron chi connectivity index (χ4n) is 8.40. The lowest BCUT2D eigenvalue weighted by atomic mass is 9.67. The van der Waals surface area contributed by atoms with Crippen molar-refractivity contribution in [3.05, 3.63) is 228 Å². The van der Waals surface area contributed by atoms with Gasteiger partial charge in [0.25, 0.3) is 0 Å². The van der Waals surface area contributed by atoms with Gasteiger partial charge in [-0.1, -0.05) is 170 Å². The van der Waals surface area contributed by atoms with Crippen molar-refractivity contribution in [3.63, 3.8) is 0 Å². The van der Waals surface area contributed by atoms with Crippen molar-refractivity contribution < 1.29 is 18.1 Å². The molecule has 1 N–H and O–H groups in total. The maximum Gasteiger partial charge on any atom is 0.143 e. The van der Waals surface area contributed by atoms with E-state index >= 15 is 0 Å². The molecule has 0 atom stereocenters. The standard InChI is InChI=1S/C53H35NO/c1-3-13-39(14-4-1)53(40-15-5-2-6-16-40)49-21-10-9-18-45(49)46-32-27-38(34-50(46)53)35-22-28-41(29-23-35)54-42-30-24-37(25-31-42)44-19-11-20-47-48-33-26-36-12-7-8-17-43(36)52(48)55-51(44)47/h1-34,54H/i1D,2D,3D,4D,5D,6D,13D,14D,15D,16D. The molecule has 55 heavy (non-hydrogen) atoms. The summed E-state index contributed by atoms with van der Waals surface area (Å²) in [5.41, 5.74) is 6.82. The van der Waals surface area contributed by atoms with Crippen LogP contribution in [0.1, 0.15) is 36.0 Å². The van der Waals surface area contributed by atoms with E-state index in [0.29, 0.717) is 27.8 Å². The summed E-state index contributed by atoms with van der Waals surface area (Å²) in [6.45, 7) is 0. The normalized spacial score (nSPS) is 15.4. The first-order valence-corrected chi connectivity index (χ1v) is 18.1. The van der Waals surface area contributed by atoms with E-state index in [0.717, 1.165) is 60.8 Å². The summed E-state index contributed by atoms with van der Waals surface area (Å²) >= 11 is 0. The first-order chi connectivity index (χ1) is 31.4. The van der Waals surface area contributed by atoms with E-state index in [1.807, 2.05) is 78.9 Å². The average Bonchev–Trinajstić information content (AvgIpc) is 3.86. The molecule has 10 aromatic rings. The van der Waals surface area contributed by atoms with Crippen molar-refractivity contribution in [2.75, 3.05) is 5.32 Å². The second-order valence-electron chi connectivity index (χ2n) is 13.8. The summed E-state index contributed by atoms with van der Waals surface area (Å²) in [7, 11) is 0. The molecule has 0 fully saturated rings. The van der Waals surface area contributed by atoms with Crippen LogP contribution in [0.3, 0.4) is 0 Å². The minimum atomic E-state index is -1.90. The first kappa shape index (κ1) is 22.8. The molecule has 258 valence electrons. The predicted molar refractivity (Wildman–Crippen MR) is 229 cm³/mol. The molecule has 0 spiro atoms. The number of fused-ring (bicyclic) bond motifs is 8. The van der Waals surface area contributed by atoms with Gasteiger partial charge >= 0.3 is 0 Å². The molecule has 9 aromatic carbocycles. The summed E-state index contributed by atoms with van der Waals surface area (Å²) in [5.74, 6) is 0. The van der Waals surface area contributed by atoms with E-state index in [-0.39, 0.29) is 11.1 Å². The highest BCUT2D eigenvalue weighted by atomic mass is 16.3. The van der Waals surface area contributed by atoms with Crippen LogP contribution >= 0.6 is 0 Å². The van der Waals surface area contributed by atoms with Crippen LogP contribution in [0, 0.1) is 0 Å². The van der Waals surface area contributed by atoms with E-state index < -0.39 is 65.8 Å². The fourth-order valence-corrected chi connectivity index (χ4v) is 8.40. The van der Waals surface area contributed by atoms with Crippen molar-refractivity contribution in [1.29, 1.82) is 0 Å². The summed E-state index contributed by atoms with van der Waals surface area (Å²) < 4.78 is 95.4. The zero-order valence-electron chi connectivity index (χ0n) is 39.3. The largest absolute Gasteiger partial charge is 0.455 e. The van der Waals surface area contributed by atoms with E-state index in [2.05, 4.69) is 59.9 Å². The van der Waals surface area contributed by atoms with Gasteiger partial charge in [-0.05, 0) is 91.9 Å². The maximum atomic E-state index is 9.28. The molecule has 0 aliphatic heterocycles. The number of nitrogens with one attached hydrogen (secondary N) is 1. The fraction of sp³-hybridized carbons (Fsp3) is 0.0189. The molecule has 0 saturated carbocycles. The zero-order valence-corrected chi connectivity index (χ0v) is 29.3. The summed E-state index contributed by atoms with van der Waals surface area (Å²) in [6.07, 6.45) is 0. The van der Waals surface area contributed by atoms with E-state index in [4.69, 9.17) is 12.6 Å². The number of hydrogen-bond acceptors (Lipinski definition) is 2. The lowest BCUT2D eigenvalue weighted by Crippen LogP contribution is -2.28. The first-order valence-electron chi connectivity index (χ1n) is 23.1. The van der Waals surface area contributed by atoms with Crippen LogP contribution in [-0.4, -0.2) is 0 Å². The van der Waals surface area contributed by atoms with Crippen molar-refractivity contribution >= 4 is 44.1 Å². The van der Waals surface area contributed by atoms with E-state index in [1.165, 1.54) is 0 Å². The molecule has 0 amide bonds. The zero-order chi connectivity index (χ0) is 45.1. The number of rotatable bonds is 6. The molecule has 2 heteroatoms. The third-order valence-electron chi connectivity index (χ3n) is 10.9. The lowest BCUT2D eigenvalue weighted by molar-refractivity contribution is 0.674. The molecular formula is C53H35NO. The highest BCUT2D eigenvalue weighted by Gasteiger charge is 2.46. The van der Waals surface area contributed by atoms with Crippen LogP contribution < -0.4 is 5.32 Å². The molecule has 1 aliphatic rings. The summed E-state index contributed by atoms with van der Waals surface area (Å²) in [4.78, 5) is 0. The van der Waals surface area contributed by atoms with Crippen molar-refractivity contribution in [2.45, 2.75) is 5.41 Å². The molecule has 0 radical (unpaired) electrons. The van der Waals surface area contributed by atoms with Crippen LogP contribution in [0.15, 0.2) is 210 Å². The van der Waals surface area contributed by atoms with Gasteiger partial charge in [-0.2, -0.15) is 0 Å². The van der Waals surface area contributed by atoms with Gasteiger partial charge in [0.05, 0.1) is 19.1 Å². The Bertz CT molecular complexity index is 3510. The Morgan fingerprint density at radius 1 is 0.418 bits per heavy atom. The summed E-state index contributed by atoms with van der Waals surface area (Å²) in [6, 6.07) is 41.8. The highest BCUT2D eigenvalue weighted by Crippen LogP contribution is 2.56. The molecule has 0 unspecified atom stereocenters.